The first-order valence-corrected chi connectivity index (χ1v) is 10.1. The topological polar surface area (TPSA) is 129 Å². The molecule has 3 aromatic rings. The van der Waals surface area contributed by atoms with Gasteiger partial charge in [-0.1, -0.05) is 6.92 Å². The van der Waals surface area contributed by atoms with Gasteiger partial charge in [0.05, 0.1) is 27.2 Å². The highest BCUT2D eigenvalue weighted by Crippen LogP contribution is 2.48. The van der Waals surface area contributed by atoms with E-state index in [1.54, 1.807) is 26.2 Å². The molecule has 3 heterocycles. The van der Waals surface area contributed by atoms with Crippen LogP contribution in [0.5, 0.6) is 0 Å². The highest BCUT2D eigenvalue weighted by Gasteiger charge is 2.45. The third-order valence-corrected chi connectivity index (χ3v) is 6.32. The summed E-state index contributed by atoms with van der Waals surface area (Å²) in [7, 11) is 0.170. The lowest BCUT2D eigenvalue weighted by atomic mass is 9.99. The highest BCUT2D eigenvalue weighted by molar-refractivity contribution is 7.85. The molecule has 30 heavy (non-hydrogen) atoms. The molecule has 0 aliphatic heterocycles. The Morgan fingerprint density at radius 1 is 1.30 bits per heavy atom. The van der Waals surface area contributed by atoms with Crippen molar-refractivity contribution in [2.24, 2.45) is 7.05 Å². The third kappa shape index (κ3) is 3.44. The van der Waals surface area contributed by atoms with Crippen LogP contribution in [0.3, 0.4) is 0 Å². The van der Waals surface area contributed by atoms with Crippen molar-refractivity contribution in [3.8, 4) is 17.6 Å². The maximum Gasteiger partial charge on any atom is 0.435 e. The Bertz CT molecular complexity index is 1200. The van der Waals surface area contributed by atoms with Crippen LogP contribution < -0.4 is 0 Å². The smallest absolute Gasteiger partial charge is 0.412 e. The summed E-state index contributed by atoms with van der Waals surface area (Å²) in [6.45, 7) is 1.75. The summed E-state index contributed by atoms with van der Waals surface area (Å²) in [5.41, 5.74) is -0.588. The molecule has 0 bridgehead atoms. The van der Waals surface area contributed by atoms with Crippen molar-refractivity contribution in [2.75, 3.05) is 5.75 Å². The summed E-state index contributed by atoms with van der Waals surface area (Å²) in [5, 5.41) is 16.3. The van der Waals surface area contributed by atoms with Gasteiger partial charge in [-0.3, -0.25) is 9.19 Å². The van der Waals surface area contributed by atoms with Gasteiger partial charge in [0.15, 0.2) is 17.2 Å². The summed E-state index contributed by atoms with van der Waals surface area (Å²) < 4.78 is 53.0. The van der Waals surface area contributed by atoms with Gasteiger partial charge in [0.1, 0.15) is 11.2 Å². The minimum Gasteiger partial charge on any atom is -0.412 e. The first kappa shape index (κ1) is 21.8. The van der Waals surface area contributed by atoms with Crippen molar-refractivity contribution >= 4 is 22.0 Å². The number of aromatic nitrogens is 5. The van der Waals surface area contributed by atoms with Crippen molar-refractivity contribution in [3.05, 3.63) is 29.6 Å². The molecule has 0 amide bonds. The van der Waals surface area contributed by atoms with Gasteiger partial charge in [0.25, 0.3) is 0 Å². The lowest BCUT2D eigenvalue weighted by molar-refractivity contribution is -0.141. The summed E-state index contributed by atoms with van der Waals surface area (Å²) >= 11 is 0. The molecule has 1 atom stereocenters. The van der Waals surface area contributed by atoms with Crippen molar-refractivity contribution in [2.45, 2.75) is 36.3 Å². The highest BCUT2D eigenvalue weighted by atomic mass is 32.2. The fourth-order valence-electron chi connectivity index (χ4n) is 3.13. The molecule has 3 aromatic heterocycles. The van der Waals surface area contributed by atoms with Crippen molar-refractivity contribution < 1.29 is 22.9 Å². The molecule has 0 radical (unpaired) electrons. The predicted molar refractivity (Wildman–Crippen MR) is 102 cm³/mol. The van der Waals surface area contributed by atoms with Gasteiger partial charge in [0.2, 0.25) is 0 Å². The van der Waals surface area contributed by atoms with E-state index in [0.717, 1.165) is 6.07 Å². The Hall–Kier alpha value is -2.91. The molecule has 2 N–H and O–H groups in total. The molecule has 0 spiro atoms. The second kappa shape index (κ2) is 7.41. The van der Waals surface area contributed by atoms with Crippen molar-refractivity contribution in [3.63, 3.8) is 0 Å². The van der Waals surface area contributed by atoms with Crippen molar-refractivity contribution in [1.82, 2.24) is 24.7 Å². The summed E-state index contributed by atoms with van der Waals surface area (Å²) in [5.74, 6) is 0.554. The Balaban J connectivity index is 0.00000256. The van der Waals surface area contributed by atoms with Gasteiger partial charge in [0, 0.05) is 25.1 Å². The van der Waals surface area contributed by atoms with E-state index in [9.17, 15) is 22.6 Å². The number of rotatable bonds is 4. The van der Waals surface area contributed by atoms with E-state index in [-0.39, 0.29) is 28.2 Å². The van der Waals surface area contributed by atoms with E-state index < -0.39 is 28.1 Å². The number of hydrogen-bond donors (Lipinski definition) is 0. The molecular weight excluding hydrogens is 421 g/mol. The molecule has 1 unspecified atom stereocenters. The molecule has 8 nitrogen and oxygen atoms in total. The van der Waals surface area contributed by atoms with E-state index in [0.29, 0.717) is 29.1 Å². The molecule has 158 valence electrons. The second-order valence-corrected chi connectivity index (χ2v) is 8.54. The van der Waals surface area contributed by atoms with E-state index in [4.69, 9.17) is 0 Å². The van der Waals surface area contributed by atoms with E-state index in [1.807, 2.05) is 0 Å². The number of nitriles is 1. The van der Waals surface area contributed by atoms with Gasteiger partial charge in [-0.15, -0.1) is 10.2 Å². The van der Waals surface area contributed by atoms with E-state index in [1.165, 1.54) is 4.57 Å². The largest absolute Gasteiger partial charge is 0.435 e. The molecule has 1 saturated carbocycles. The number of pyridine rings is 1. The average Bonchev–Trinajstić information content (AvgIpc) is 3.44. The molecular formula is C18H17F3N6O2S. The lowest BCUT2D eigenvalue weighted by Gasteiger charge is -2.12. The molecule has 0 saturated heterocycles. The van der Waals surface area contributed by atoms with Crippen LogP contribution in [0.4, 0.5) is 13.2 Å². The minimum atomic E-state index is -4.64. The Labute approximate surface area is 171 Å². The zero-order valence-corrected chi connectivity index (χ0v) is 16.8. The van der Waals surface area contributed by atoms with Crippen LogP contribution in [0.25, 0.3) is 22.7 Å². The monoisotopic (exact) mass is 438 g/mol. The molecule has 1 fully saturated rings. The van der Waals surface area contributed by atoms with Crippen LogP contribution in [-0.2, 0) is 29.4 Å². The van der Waals surface area contributed by atoms with Crippen LogP contribution >= 0.6 is 0 Å². The number of nitrogens with zero attached hydrogens (tertiary/aromatic N) is 6. The van der Waals surface area contributed by atoms with Crippen LogP contribution in [0.2, 0.25) is 0 Å². The summed E-state index contributed by atoms with van der Waals surface area (Å²) in [6.07, 6.45) is -1.66. The number of fused-ring (bicyclic) bond motifs is 1. The first-order valence-electron chi connectivity index (χ1n) is 8.78. The average molecular weight is 438 g/mol. The van der Waals surface area contributed by atoms with E-state index in [2.05, 4.69) is 26.2 Å². The number of imidazole rings is 1. The first-order chi connectivity index (χ1) is 13.7. The molecule has 4 rings (SSSR count). The number of aryl methyl sites for hydroxylation is 1. The normalized spacial score (nSPS) is 16.0. The predicted octanol–water partition coefficient (Wildman–Crippen LogP) is 2.30. The van der Waals surface area contributed by atoms with Crippen LogP contribution in [0.15, 0.2) is 23.2 Å². The van der Waals surface area contributed by atoms with E-state index >= 15 is 0 Å². The van der Waals surface area contributed by atoms with Gasteiger partial charge in [-0.05, 0) is 24.5 Å². The van der Waals surface area contributed by atoms with Crippen LogP contribution in [0, 0.1) is 11.3 Å². The fraction of sp³-hybridized carbons (Fsp3) is 0.389. The van der Waals surface area contributed by atoms with Gasteiger partial charge in [-0.2, -0.15) is 18.4 Å². The molecule has 0 aromatic carbocycles. The lowest BCUT2D eigenvalue weighted by Crippen LogP contribution is -2.09. The van der Waals surface area contributed by atoms with Crippen LogP contribution in [-0.4, -0.2) is 40.2 Å². The molecule has 1 aliphatic rings. The molecule has 1 aliphatic carbocycles. The number of hydrogen-bond acceptors (Lipinski definition) is 6. The zero-order valence-electron chi connectivity index (χ0n) is 16.0. The van der Waals surface area contributed by atoms with Gasteiger partial charge in [-0.25, -0.2) is 4.98 Å². The number of alkyl halides is 3. The van der Waals surface area contributed by atoms with Crippen molar-refractivity contribution in [1.29, 1.82) is 5.26 Å². The Morgan fingerprint density at radius 3 is 2.57 bits per heavy atom. The SMILES string of the molecule is CCS(=O)c1cc(C2(C#N)CC2)cnc1-c1nc2cc(C(F)(F)F)nnc2n1C.O. The fourth-order valence-corrected chi connectivity index (χ4v) is 4.06. The Kier molecular flexibility index (Phi) is 5.38. The van der Waals surface area contributed by atoms with Gasteiger partial charge < -0.3 is 10.0 Å². The quantitative estimate of drug-likeness (QED) is 0.615. The number of halogens is 3. The maximum atomic E-state index is 12.9. The summed E-state index contributed by atoms with van der Waals surface area (Å²) in [4.78, 5) is 9.06. The maximum absolute atomic E-state index is 12.9. The van der Waals surface area contributed by atoms with Gasteiger partial charge >= 0.3 is 6.18 Å². The standard InChI is InChI=1S/C18H15F3N6OS.H2O/c1-3-29(28)12-6-10(17(9-22)4-5-17)8-23-14(12)16-24-11-7-13(18(19,20)21)25-26-15(11)27(16)2;/h6-8H,3-5H2,1-2H3;1H2. The summed E-state index contributed by atoms with van der Waals surface area (Å²) in [6, 6.07) is 4.80. The minimum absolute atomic E-state index is 0. The van der Waals surface area contributed by atoms with Crippen LogP contribution in [0.1, 0.15) is 31.0 Å². The Morgan fingerprint density at radius 2 is 2.00 bits per heavy atom. The molecule has 12 heteroatoms. The second-order valence-electron chi connectivity index (χ2n) is 6.83. The third-order valence-electron chi connectivity index (χ3n) is 5.00. The zero-order chi connectivity index (χ0) is 21.0.